The number of amides is 1. The zero-order valence-corrected chi connectivity index (χ0v) is 20.0. The first kappa shape index (κ1) is 25.8. The SMILES string of the molecule is CC(C)(C(=N)N)S(=O)(=O)CC1CCOc2ccc(NC=O)cc21.Cc1cc(C#N)cnc1C. The van der Waals surface area contributed by atoms with Crippen molar-refractivity contribution >= 4 is 27.8 Å². The summed E-state index contributed by atoms with van der Waals surface area (Å²) in [7, 11) is -3.62. The van der Waals surface area contributed by atoms with Gasteiger partial charge in [0.2, 0.25) is 6.41 Å². The number of aryl methyl sites for hydroxylation is 2. The molecule has 0 aliphatic carbocycles. The van der Waals surface area contributed by atoms with Crippen LogP contribution in [0, 0.1) is 30.6 Å². The number of hydrogen-bond donors (Lipinski definition) is 3. The quantitative estimate of drug-likeness (QED) is 0.332. The Kier molecular flexibility index (Phi) is 8.17. The average molecular weight is 472 g/mol. The molecule has 33 heavy (non-hydrogen) atoms. The zero-order valence-electron chi connectivity index (χ0n) is 19.2. The largest absolute Gasteiger partial charge is 0.493 e. The number of ether oxygens (including phenoxy) is 1. The third-order valence-electron chi connectivity index (χ3n) is 5.71. The summed E-state index contributed by atoms with van der Waals surface area (Å²) in [4.78, 5) is 14.6. The summed E-state index contributed by atoms with van der Waals surface area (Å²) >= 11 is 0. The van der Waals surface area contributed by atoms with E-state index in [1.807, 2.05) is 26.0 Å². The number of nitrogens with zero attached hydrogens (tertiary/aromatic N) is 2. The third-order valence-corrected chi connectivity index (χ3v) is 8.33. The minimum atomic E-state index is -3.62. The van der Waals surface area contributed by atoms with E-state index in [0.717, 1.165) is 16.8 Å². The Morgan fingerprint density at radius 3 is 2.67 bits per heavy atom. The maximum atomic E-state index is 12.6. The monoisotopic (exact) mass is 471 g/mol. The van der Waals surface area contributed by atoms with Crippen LogP contribution in [-0.4, -0.2) is 42.8 Å². The number of amidine groups is 1. The number of carbonyl (C=O) groups is 1. The summed E-state index contributed by atoms with van der Waals surface area (Å²) in [5, 5.41) is 18.5. The van der Waals surface area contributed by atoms with Crippen LogP contribution in [0.15, 0.2) is 30.5 Å². The normalized spacial score (nSPS) is 15.1. The maximum Gasteiger partial charge on any atom is 0.211 e. The molecule has 4 N–H and O–H groups in total. The molecular formula is C23H29N5O4S. The molecule has 176 valence electrons. The number of hydrogen-bond acceptors (Lipinski definition) is 7. The number of anilines is 1. The summed E-state index contributed by atoms with van der Waals surface area (Å²) in [5.41, 5.74) is 9.45. The van der Waals surface area contributed by atoms with Crippen molar-refractivity contribution in [2.45, 2.75) is 44.8 Å². The molecule has 1 aromatic heterocycles. The highest BCUT2D eigenvalue weighted by Crippen LogP contribution is 2.37. The van der Waals surface area contributed by atoms with E-state index < -0.39 is 14.6 Å². The summed E-state index contributed by atoms with van der Waals surface area (Å²) in [6.07, 6.45) is 2.70. The lowest BCUT2D eigenvalue weighted by molar-refractivity contribution is -0.105. The molecule has 1 aromatic carbocycles. The van der Waals surface area contributed by atoms with Crippen LogP contribution in [-0.2, 0) is 14.6 Å². The van der Waals surface area contributed by atoms with Crippen molar-refractivity contribution in [1.82, 2.24) is 4.98 Å². The van der Waals surface area contributed by atoms with Crippen molar-refractivity contribution in [3.05, 3.63) is 52.8 Å². The number of aromatic nitrogens is 1. The first-order valence-electron chi connectivity index (χ1n) is 10.3. The van der Waals surface area contributed by atoms with Crippen LogP contribution in [0.2, 0.25) is 0 Å². The molecule has 1 unspecified atom stereocenters. The molecule has 2 aromatic rings. The van der Waals surface area contributed by atoms with E-state index in [0.29, 0.717) is 36.4 Å². The molecule has 0 radical (unpaired) electrons. The molecule has 1 atom stereocenters. The third kappa shape index (κ3) is 6.08. The maximum absolute atomic E-state index is 12.6. The lowest BCUT2D eigenvalue weighted by atomic mass is 9.94. The molecule has 1 aliphatic heterocycles. The minimum absolute atomic E-state index is 0.125. The fourth-order valence-corrected chi connectivity index (χ4v) is 4.77. The van der Waals surface area contributed by atoms with Gasteiger partial charge in [0.15, 0.2) is 9.84 Å². The summed E-state index contributed by atoms with van der Waals surface area (Å²) < 4.78 is 29.4. The van der Waals surface area contributed by atoms with Gasteiger partial charge in [-0.2, -0.15) is 5.26 Å². The number of benzene rings is 1. The van der Waals surface area contributed by atoms with Crippen LogP contribution in [0.4, 0.5) is 5.69 Å². The highest BCUT2D eigenvalue weighted by Gasteiger charge is 2.40. The van der Waals surface area contributed by atoms with Gasteiger partial charge in [0, 0.05) is 29.1 Å². The fourth-order valence-electron chi connectivity index (χ4n) is 3.14. The van der Waals surface area contributed by atoms with E-state index in [2.05, 4.69) is 10.3 Å². The van der Waals surface area contributed by atoms with E-state index in [1.54, 1.807) is 24.4 Å². The average Bonchev–Trinajstić information content (AvgIpc) is 2.76. The highest BCUT2D eigenvalue weighted by atomic mass is 32.2. The van der Waals surface area contributed by atoms with Gasteiger partial charge < -0.3 is 15.8 Å². The van der Waals surface area contributed by atoms with Gasteiger partial charge in [0.1, 0.15) is 22.4 Å². The predicted molar refractivity (Wildman–Crippen MR) is 127 cm³/mol. The molecule has 0 bridgehead atoms. The lowest BCUT2D eigenvalue weighted by Gasteiger charge is -2.30. The Morgan fingerprint density at radius 2 is 2.09 bits per heavy atom. The van der Waals surface area contributed by atoms with Gasteiger partial charge in [-0.15, -0.1) is 0 Å². The Labute approximate surface area is 194 Å². The van der Waals surface area contributed by atoms with Crippen molar-refractivity contribution < 1.29 is 17.9 Å². The van der Waals surface area contributed by atoms with Gasteiger partial charge in [0.25, 0.3) is 0 Å². The van der Waals surface area contributed by atoms with E-state index in [9.17, 15) is 13.2 Å². The number of nitrogens with two attached hydrogens (primary N) is 1. The smallest absolute Gasteiger partial charge is 0.211 e. The summed E-state index contributed by atoms with van der Waals surface area (Å²) in [6.45, 7) is 7.18. The van der Waals surface area contributed by atoms with E-state index >= 15 is 0 Å². The minimum Gasteiger partial charge on any atom is -0.493 e. The van der Waals surface area contributed by atoms with Gasteiger partial charge in [0.05, 0.1) is 17.9 Å². The van der Waals surface area contributed by atoms with Crippen molar-refractivity contribution in [1.29, 1.82) is 10.7 Å². The molecule has 0 fully saturated rings. The van der Waals surface area contributed by atoms with E-state index in [-0.39, 0.29) is 17.5 Å². The second-order valence-corrected chi connectivity index (χ2v) is 10.9. The number of sulfone groups is 1. The van der Waals surface area contributed by atoms with Crippen molar-refractivity contribution in [3.8, 4) is 11.8 Å². The van der Waals surface area contributed by atoms with Gasteiger partial charge in [-0.05, 0) is 63.9 Å². The van der Waals surface area contributed by atoms with E-state index in [4.69, 9.17) is 21.1 Å². The summed E-state index contributed by atoms with van der Waals surface area (Å²) in [5.74, 6) is -0.147. The molecule has 3 rings (SSSR count). The lowest BCUT2D eigenvalue weighted by Crippen LogP contribution is -2.47. The first-order chi connectivity index (χ1) is 15.4. The van der Waals surface area contributed by atoms with Crippen molar-refractivity contribution in [2.75, 3.05) is 17.7 Å². The highest BCUT2D eigenvalue weighted by molar-refractivity contribution is 7.93. The number of carbonyl (C=O) groups excluding carboxylic acids is 1. The van der Waals surface area contributed by atoms with Gasteiger partial charge in [-0.3, -0.25) is 15.2 Å². The molecular weight excluding hydrogens is 442 g/mol. The van der Waals surface area contributed by atoms with Crippen LogP contribution in [0.1, 0.15) is 48.6 Å². The molecule has 1 amide bonds. The van der Waals surface area contributed by atoms with Gasteiger partial charge >= 0.3 is 0 Å². The second kappa shape index (κ2) is 10.4. The van der Waals surface area contributed by atoms with Crippen LogP contribution in [0.25, 0.3) is 0 Å². The molecule has 0 spiro atoms. The molecule has 0 saturated heterocycles. The van der Waals surface area contributed by atoms with Crippen LogP contribution >= 0.6 is 0 Å². The van der Waals surface area contributed by atoms with Crippen molar-refractivity contribution in [2.24, 2.45) is 5.73 Å². The zero-order chi connectivity index (χ0) is 24.8. The number of rotatable bonds is 6. The molecule has 0 saturated carbocycles. The Morgan fingerprint density at radius 1 is 1.39 bits per heavy atom. The number of pyridine rings is 1. The number of nitriles is 1. The van der Waals surface area contributed by atoms with Crippen molar-refractivity contribution in [3.63, 3.8) is 0 Å². The topological polar surface area (TPSA) is 159 Å². The Hall–Kier alpha value is -3.45. The molecule has 2 heterocycles. The molecule has 9 nitrogen and oxygen atoms in total. The van der Waals surface area contributed by atoms with E-state index in [1.165, 1.54) is 13.8 Å². The molecule has 1 aliphatic rings. The molecule has 10 heteroatoms. The number of nitrogens with one attached hydrogen (secondary N) is 2. The standard InChI is InChI=1S/C15H21N3O4S.C8H8N2/c1-15(2,14(16)17)23(20,21)8-10-5-6-22-13-4-3-11(18-9-19)7-12(10)13;1-6-3-8(4-9)5-10-7(6)2/h3-4,7,9-10H,5-6,8H2,1-2H3,(H3,16,17)(H,18,19);3,5H,1-2H3. The van der Waals surface area contributed by atoms with Crippen LogP contribution < -0.4 is 15.8 Å². The summed E-state index contributed by atoms with van der Waals surface area (Å²) in [6, 6.07) is 9.01. The second-order valence-electron chi connectivity index (χ2n) is 8.29. The van der Waals surface area contributed by atoms with Crippen LogP contribution in [0.5, 0.6) is 5.75 Å². The Bertz CT molecular complexity index is 1190. The van der Waals surface area contributed by atoms with Gasteiger partial charge in [-0.25, -0.2) is 8.42 Å². The number of fused-ring (bicyclic) bond motifs is 1. The van der Waals surface area contributed by atoms with Crippen LogP contribution in [0.3, 0.4) is 0 Å². The Balaban J connectivity index is 0.000000321. The van der Waals surface area contributed by atoms with Gasteiger partial charge in [-0.1, -0.05) is 0 Å². The predicted octanol–water partition coefficient (Wildman–Crippen LogP) is 2.82. The fraction of sp³-hybridized carbons (Fsp3) is 0.391. The first-order valence-corrected chi connectivity index (χ1v) is 11.9.